The van der Waals surface area contributed by atoms with Crippen LogP contribution in [0.2, 0.25) is 0 Å². The molecule has 0 heterocycles. The van der Waals surface area contributed by atoms with Crippen LogP contribution in [0.25, 0.3) is 0 Å². The maximum Gasteiger partial charge on any atom is 0.261 e. The van der Waals surface area contributed by atoms with Gasteiger partial charge in [-0.3, -0.25) is 9.52 Å². The number of methoxy groups -OCH3 is 1. The number of nitrogens with one attached hydrogen (secondary N) is 2. The van der Waals surface area contributed by atoms with Crippen molar-refractivity contribution in [3.63, 3.8) is 0 Å². The molecule has 3 aromatic rings. The monoisotopic (exact) mass is 438 g/mol. The van der Waals surface area contributed by atoms with E-state index in [2.05, 4.69) is 10.0 Å². The average molecular weight is 439 g/mol. The van der Waals surface area contributed by atoms with Gasteiger partial charge in [-0.2, -0.15) is 0 Å². The van der Waals surface area contributed by atoms with Gasteiger partial charge in [0.15, 0.2) is 0 Å². The number of benzene rings is 3. The molecule has 0 spiro atoms. The number of carbonyl (C=O) groups excluding carboxylic acids is 1. The fraction of sp³-hybridized carbons (Fsp3) is 0.208. The molecule has 3 aromatic carbocycles. The van der Waals surface area contributed by atoms with Gasteiger partial charge in [-0.1, -0.05) is 35.9 Å². The highest BCUT2D eigenvalue weighted by Crippen LogP contribution is 2.25. The van der Waals surface area contributed by atoms with E-state index in [4.69, 9.17) is 4.74 Å². The lowest BCUT2D eigenvalue weighted by molar-refractivity contribution is -0.116. The molecular formula is C24H26N2O4S. The molecule has 31 heavy (non-hydrogen) atoms. The largest absolute Gasteiger partial charge is 0.495 e. The zero-order valence-electron chi connectivity index (χ0n) is 17.8. The molecule has 2 N–H and O–H groups in total. The summed E-state index contributed by atoms with van der Waals surface area (Å²) >= 11 is 0. The summed E-state index contributed by atoms with van der Waals surface area (Å²) in [6.07, 6.45) is 0.760. The first kappa shape index (κ1) is 22.4. The van der Waals surface area contributed by atoms with Crippen LogP contribution in [0.15, 0.2) is 71.6 Å². The Bertz CT molecular complexity index is 1160. The fourth-order valence-corrected chi connectivity index (χ4v) is 4.12. The van der Waals surface area contributed by atoms with E-state index in [9.17, 15) is 13.2 Å². The number of hydrogen-bond acceptors (Lipinski definition) is 4. The number of aryl methyl sites for hydroxylation is 3. The molecule has 0 aromatic heterocycles. The van der Waals surface area contributed by atoms with Crippen LogP contribution in [0.1, 0.15) is 23.1 Å². The Labute approximate surface area is 183 Å². The number of sulfonamides is 1. The Hall–Kier alpha value is -3.32. The highest BCUT2D eigenvalue weighted by Gasteiger charge is 2.14. The number of carbonyl (C=O) groups is 1. The second-order valence-electron chi connectivity index (χ2n) is 7.37. The summed E-state index contributed by atoms with van der Waals surface area (Å²) in [5.41, 5.74) is 4.10. The number of anilines is 2. The van der Waals surface area contributed by atoms with Gasteiger partial charge in [0.25, 0.3) is 10.0 Å². The van der Waals surface area contributed by atoms with Crippen molar-refractivity contribution in [3.05, 3.63) is 83.4 Å². The lowest BCUT2D eigenvalue weighted by Gasteiger charge is -2.11. The quantitative estimate of drug-likeness (QED) is 0.535. The minimum atomic E-state index is -3.67. The van der Waals surface area contributed by atoms with Crippen molar-refractivity contribution in [3.8, 4) is 5.75 Å². The predicted octanol–water partition coefficient (Wildman–Crippen LogP) is 4.68. The third-order valence-corrected chi connectivity index (χ3v) is 6.20. The van der Waals surface area contributed by atoms with Crippen LogP contribution < -0.4 is 14.8 Å². The van der Waals surface area contributed by atoms with Crippen LogP contribution in [0.3, 0.4) is 0 Å². The minimum Gasteiger partial charge on any atom is -0.495 e. The van der Waals surface area contributed by atoms with Crippen molar-refractivity contribution in [1.82, 2.24) is 0 Å². The van der Waals surface area contributed by atoms with E-state index in [1.54, 1.807) is 43.5 Å². The highest BCUT2D eigenvalue weighted by atomic mass is 32.2. The highest BCUT2D eigenvalue weighted by molar-refractivity contribution is 7.92. The SMILES string of the molecule is COc1ccc(C)cc1NC(=O)CCc1ccc(S(=O)(=O)Nc2ccc(C)cc2)cc1. The van der Waals surface area contributed by atoms with Gasteiger partial charge in [0.2, 0.25) is 5.91 Å². The molecule has 0 aliphatic rings. The van der Waals surface area contributed by atoms with E-state index in [0.717, 1.165) is 16.7 Å². The van der Waals surface area contributed by atoms with Crippen LogP contribution in [0.5, 0.6) is 5.75 Å². The predicted molar refractivity (Wildman–Crippen MR) is 123 cm³/mol. The maximum absolute atomic E-state index is 12.6. The molecule has 3 rings (SSSR count). The van der Waals surface area contributed by atoms with E-state index >= 15 is 0 Å². The molecular weight excluding hydrogens is 412 g/mol. The summed E-state index contributed by atoms with van der Waals surface area (Å²) in [7, 11) is -2.11. The van der Waals surface area contributed by atoms with Crippen molar-refractivity contribution in [2.45, 2.75) is 31.6 Å². The standard InChI is InChI=1S/C24H26N2O4S/c1-17-4-10-20(11-5-17)26-31(28,29)21-12-7-19(8-13-21)9-15-24(27)25-22-16-18(2)6-14-23(22)30-3/h4-8,10-14,16,26H,9,15H2,1-3H3,(H,25,27). The van der Waals surface area contributed by atoms with E-state index in [-0.39, 0.29) is 17.2 Å². The van der Waals surface area contributed by atoms with Crippen molar-refractivity contribution in [1.29, 1.82) is 0 Å². The minimum absolute atomic E-state index is 0.137. The molecule has 0 aliphatic heterocycles. The van der Waals surface area contributed by atoms with Crippen LogP contribution >= 0.6 is 0 Å². The number of ether oxygens (including phenoxy) is 1. The Kier molecular flexibility index (Phi) is 6.97. The van der Waals surface area contributed by atoms with E-state index in [0.29, 0.717) is 23.5 Å². The Morgan fingerprint density at radius 2 is 1.55 bits per heavy atom. The molecule has 7 heteroatoms. The van der Waals surface area contributed by atoms with Crippen molar-refractivity contribution >= 4 is 27.3 Å². The molecule has 0 saturated heterocycles. The fourth-order valence-electron chi connectivity index (χ4n) is 3.06. The van der Waals surface area contributed by atoms with Gasteiger partial charge in [-0.25, -0.2) is 8.42 Å². The topological polar surface area (TPSA) is 84.5 Å². The van der Waals surface area contributed by atoms with Gasteiger partial charge in [0.05, 0.1) is 17.7 Å². The van der Waals surface area contributed by atoms with Crippen LogP contribution in [0.4, 0.5) is 11.4 Å². The van der Waals surface area contributed by atoms with Crippen LogP contribution in [0, 0.1) is 13.8 Å². The molecule has 0 atom stereocenters. The third kappa shape index (κ3) is 6.08. The summed E-state index contributed by atoms with van der Waals surface area (Å²) in [4.78, 5) is 12.5. The molecule has 0 fully saturated rings. The summed E-state index contributed by atoms with van der Waals surface area (Å²) in [5.74, 6) is 0.469. The maximum atomic E-state index is 12.6. The van der Waals surface area contributed by atoms with Gasteiger partial charge in [-0.05, 0) is 67.8 Å². The Balaban J connectivity index is 1.59. The van der Waals surface area contributed by atoms with Crippen LogP contribution in [-0.4, -0.2) is 21.4 Å². The first-order chi connectivity index (χ1) is 14.8. The normalized spacial score (nSPS) is 11.1. The smallest absolute Gasteiger partial charge is 0.261 e. The first-order valence-corrected chi connectivity index (χ1v) is 11.4. The molecule has 0 saturated carbocycles. The summed E-state index contributed by atoms with van der Waals surface area (Å²) in [6, 6.07) is 19.3. The molecule has 0 unspecified atom stereocenters. The molecule has 0 radical (unpaired) electrons. The first-order valence-electron chi connectivity index (χ1n) is 9.90. The average Bonchev–Trinajstić information content (AvgIpc) is 2.74. The second kappa shape index (κ2) is 9.66. The number of hydrogen-bond donors (Lipinski definition) is 2. The molecule has 1 amide bonds. The van der Waals surface area contributed by atoms with Crippen molar-refractivity contribution < 1.29 is 17.9 Å². The van der Waals surface area contributed by atoms with Crippen LogP contribution in [-0.2, 0) is 21.2 Å². The second-order valence-corrected chi connectivity index (χ2v) is 9.05. The van der Waals surface area contributed by atoms with Gasteiger partial charge in [-0.15, -0.1) is 0 Å². The summed E-state index contributed by atoms with van der Waals surface area (Å²) in [6.45, 7) is 3.88. The zero-order valence-corrected chi connectivity index (χ0v) is 18.6. The van der Waals surface area contributed by atoms with Gasteiger partial charge >= 0.3 is 0 Å². The summed E-state index contributed by atoms with van der Waals surface area (Å²) in [5, 5.41) is 2.87. The summed E-state index contributed by atoms with van der Waals surface area (Å²) < 4.78 is 33.0. The van der Waals surface area contributed by atoms with E-state index < -0.39 is 10.0 Å². The van der Waals surface area contributed by atoms with Gasteiger partial charge < -0.3 is 10.1 Å². The molecule has 0 aliphatic carbocycles. The zero-order chi connectivity index (χ0) is 22.4. The van der Waals surface area contributed by atoms with E-state index in [1.165, 1.54) is 0 Å². The van der Waals surface area contributed by atoms with E-state index in [1.807, 2.05) is 44.2 Å². The Morgan fingerprint density at radius 3 is 2.19 bits per heavy atom. The van der Waals surface area contributed by atoms with Gasteiger partial charge in [0.1, 0.15) is 5.75 Å². The number of amides is 1. The van der Waals surface area contributed by atoms with Crippen molar-refractivity contribution in [2.75, 3.05) is 17.1 Å². The number of rotatable bonds is 8. The lowest BCUT2D eigenvalue weighted by Crippen LogP contribution is -2.14. The third-order valence-electron chi connectivity index (χ3n) is 4.81. The molecule has 0 bridgehead atoms. The Morgan fingerprint density at radius 1 is 0.903 bits per heavy atom. The molecule has 6 nitrogen and oxygen atoms in total. The van der Waals surface area contributed by atoms with Crippen molar-refractivity contribution in [2.24, 2.45) is 0 Å². The lowest BCUT2D eigenvalue weighted by atomic mass is 10.1. The molecule has 162 valence electrons. The van der Waals surface area contributed by atoms with Gasteiger partial charge in [0, 0.05) is 12.1 Å².